The molecule has 9 heteroatoms. The maximum absolute atomic E-state index is 13.2. The number of aryl methyl sites for hydroxylation is 3. The second-order valence-corrected chi connectivity index (χ2v) is 10.8. The van der Waals surface area contributed by atoms with Crippen LogP contribution in [-0.4, -0.2) is 62.7 Å². The minimum Gasteiger partial charge on any atom is -0.353 e. The van der Waals surface area contributed by atoms with E-state index in [2.05, 4.69) is 30.9 Å². The van der Waals surface area contributed by atoms with Gasteiger partial charge in [0.2, 0.25) is 10.0 Å². The van der Waals surface area contributed by atoms with E-state index in [4.69, 9.17) is 4.98 Å². The van der Waals surface area contributed by atoms with Crippen LogP contribution in [0.1, 0.15) is 45.6 Å². The molecule has 8 nitrogen and oxygen atoms in total. The van der Waals surface area contributed by atoms with Crippen molar-refractivity contribution in [2.45, 2.75) is 33.6 Å². The van der Waals surface area contributed by atoms with Gasteiger partial charge in [0.15, 0.2) is 0 Å². The average molecular weight is 468 g/mol. The van der Waals surface area contributed by atoms with Gasteiger partial charge in [0, 0.05) is 38.4 Å². The fraction of sp³-hybridized carbons (Fsp3) is 0.458. The molecule has 1 aromatic carbocycles. The van der Waals surface area contributed by atoms with Gasteiger partial charge in [-0.25, -0.2) is 13.4 Å². The van der Waals surface area contributed by atoms with Crippen molar-refractivity contribution in [2.24, 2.45) is 0 Å². The molecule has 0 spiro atoms. The lowest BCUT2D eigenvalue weighted by atomic mass is 10.1. The Morgan fingerprint density at radius 1 is 1.00 bits per heavy atom. The summed E-state index contributed by atoms with van der Waals surface area (Å²) in [6.45, 7) is 8.88. The summed E-state index contributed by atoms with van der Waals surface area (Å²) in [5.74, 6) is 0.855. The van der Waals surface area contributed by atoms with E-state index in [1.807, 2.05) is 6.92 Å². The fourth-order valence-electron chi connectivity index (χ4n) is 4.49. The minimum atomic E-state index is -3.38. The third-order valence-electron chi connectivity index (χ3n) is 6.49. The van der Waals surface area contributed by atoms with Gasteiger partial charge < -0.3 is 9.80 Å². The van der Waals surface area contributed by atoms with Gasteiger partial charge in [-0.2, -0.15) is 5.26 Å². The normalized spacial score (nSPS) is 18.2. The van der Waals surface area contributed by atoms with Gasteiger partial charge in [0.25, 0.3) is 5.91 Å². The number of benzene rings is 1. The van der Waals surface area contributed by atoms with Gasteiger partial charge in [-0.1, -0.05) is 6.07 Å². The van der Waals surface area contributed by atoms with E-state index in [9.17, 15) is 18.5 Å². The van der Waals surface area contributed by atoms with E-state index in [1.165, 1.54) is 10.4 Å². The van der Waals surface area contributed by atoms with Crippen molar-refractivity contribution >= 4 is 27.4 Å². The van der Waals surface area contributed by atoms with E-state index in [-0.39, 0.29) is 17.2 Å². The Bertz CT molecular complexity index is 1230. The molecule has 1 aromatic heterocycles. The third kappa shape index (κ3) is 4.53. The highest BCUT2D eigenvalue weighted by Gasteiger charge is 2.29. The second-order valence-electron chi connectivity index (χ2n) is 8.75. The summed E-state index contributed by atoms with van der Waals surface area (Å²) in [5.41, 5.74) is 4.24. The van der Waals surface area contributed by atoms with Crippen LogP contribution in [0.25, 0.3) is 0 Å². The summed E-state index contributed by atoms with van der Waals surface area (Å²) < 4.78 is 26.2. The third-order valence-corrected chi connectivity index (χ3v) is 8.36. The number of sulfonamides is 1. The number of piperazine rings is 1. The summed E-state index contributed by atoms with van der Waals surface area (Å²) in [6.07, 6.45) is 1.42. The van der Waals surface area contributed by atoms with Crippen molar-refractivity contribution in [3.63, 3.8) is 0 Å². The Morgan fingerprint density at radius 2 is 1.73 bits per heavy atom. The van der Waals surface area contributed by atoms with Crippen LogP contribution in [0.4, 0.5) is 11.5 Å². The van der Waals surface area contributed by atoms with Crippen molar-refractivity contribution in [1.82, 2.24) is 9.88 Å². The Hall–Kier alpha value is -3.12. The summed E-state index contributed by atoms with van der Waals surface area (Å²) in [6, 6.07) is 8.97. The number of rotatable bonds is 3. The van der Waals surface area contributed by atoms with E-state index in [0.29, 0.717) is 50.4 Å². The molecule has 174 valence electrons. The fourth-order valence-corrected chi connectivity index (χ4v) is 6.12. The maximum Gasteiger partial charge on any atom is 0.255 e. The predicted octanol–water partition coefficient (Wildman–Crippen LogP) is 2.77. The molecule has 2 aromatic rings. The molecule has 4 rings (SSSR count). The maximum atomic E-state index is 13.2. The summed E-state index contributed by atoms with van der Waals surface area (Å²) >= 11 is 0. The molecule has 33 heavy (non-hydrogen) atoms. The lowest BCUT2D eigenvalue weighted by molar-refractivity contribution is 0.0746. The highest BCUT2D eigenvalue weighted by Crippen LogP contribution is 2.27. The van der Waals surface area contributed by atoms with Crippen LogP contribution in [0, 0.1) is 32.1 Å². The topological polar surface area (TPSA) is 97.6 Å². The zero-order chi connectivity index (χ0) is 23.8. The van der Waals surface area contributed by atoms with E-state index >= 15 is 0 Å². The predicted molar refractivity (Wildman–Crippen MR) is 128 cm³/mol. The Labute approximate surface area is 195 Å². The van der Waals surface area contributed by atoms with Gasteiger partial charge in [-0.15, -0.1) is 0 Å². The monoisotopic (exact) mass is 467 g/mol. The smallest absolute Gasteiger partial charge is 0.255 e. The number of carbonyl (C=O) groups is 1. The molecule has 2 aliphatic heterocycles. The molecule has 0 unspecified atom stereocenters. The molecule has 2 aliphatic rings. The van der Waals surface area contributed by atoms with Crippen molar-refractivity contribution in [3.05, 3.63) is 52.2 Å². The number of nitriles is 1. The molecule has 3 heterocycles. The number of hydrogen-bond acceptors (Lipinski definition) is 6. The van der Waals surface area contributed by atoms with Crippen LogP contribution in [0.2, 0.25) is 0 Å². The molecule has 2 saturated heterocycles. The first-order valence-corrected chi connectivity index (χ1v) is 12.9. The van der Waals surface area contributed by atoms with E-state index < -0.39 is 10.0 Å². The number of pyridine rings is 1. The number of aromatic nitrogens is 1. The highest BCUT2D eigenvalue weighted by atomic mass is 32.2. The number of carbonyl (C=O) groups excluding carboxylic acids is 1. The molecule has 0 aliphatic carbocycles. The number of hydrogen-bond donors (Lipinski definition) is 0. The minimum absolute atomic E-state index is 0.106. The molecule has 0 atom stereocenters. The average Bonchev–Trinajstić information content (AvgIpc) is 2.80. The first-order valence-electron chi connectivity index (χ1n) is 11.2. The summed E-state index contributed by atoms with van der Waals surface area (Å²) in [4.78, 5) is 21.9. The van der Waals surface area contributed by atoms with Gasteiger partial charge >= 0.3 is 0 Å². The zero-order valence-electron chi connectivity index (χ0n) is 19.3. The lowest BCUT2D eigenvalue weighted by Gasteiger charge is -2.36. The number of nitrogens with zero attached hydrogens (tertiary/aromatic N) is 5. The van der Waals surface area contributed by atoms with Crippen LogP contribution >= 0.6 is 0 Å². The van der Waals surface area contributed by atoms with Crippen LogP contribution in [-0.2, 0) is 10.0 Å². The standard InChI is InChI=1S/C24H29N5O3S/c1-17-14-18(2)23(26-19(17)3)27-9-11-28(12-10-27)24(30)22-7-6-21(15-20(22)16-25)29-8-4-5-13-33(29,31)32/h6-7,14-15H,4-5,8-13H2,1-3H3. The quantitative estimate of drug-likeness (QED) is 0.689. The molecule has 2 fully saturated rings. The zero-order valence-corrected chi connectivity index (χ0v) is 20.2. The second kappa shape index (κ2) is 9.02. The van der Waals surface area contributed by atoms with Crippen LogP contribution < -0.4 is 9.21 Å². The molecule has 0 bridgehead atoms. The molecule has 0 saturated carbocycles. The lowest BCUT2D eigenvalue weighted by Crippen LogP contribution is -2.49. The first kappa shape index (κ1) is 23.1. The van der Waals surface area contributed by atoms with Crippen molar-refractivity contribution < 1.29 is 13.2 Å². The molecule has 1 amide bonds. The van der Waals surface area contributed by atoms with Gasteiger partial charge in [-0.3, -0.25) is 9.10 Å². The van der Waals surface area contributed by atoms with Gasteiger partial charge in [0.1, 0.15) is 11.9 Å². The van der Waals surface area contributed by atoms with Crippen LogP contribution in [0.15, 0.2) is 24.3 Å². The van der Waals surface area contributed by atoms with Crippen molar-refractivity contribution in [3.8, 4) is 6.07 Å². The first-order chi connectivity index (χ1) is 15.7. The van der Waals surface area contributed by atoms with Crippen LogP contribution in [0.3, 0.4) is 0 Å². The molecular weight excluding hydrogens is 438 g/mol. The van der Waals surface area contributed by atoms with Crippen molar-refractivity contribution in [1.29, 1.82) is 5.26 Å². The summed E-state index contributed by atoms with van der Waals surface area (Å²) in [7, 11) is -3.38. The molecular formula is C24H29N5O3S. The SMILES string of the molecule is Cc1cc(C)c(N2CCN(C(=O)c3ccc(N4CCCCS4(=O)=O)cc3C#N)CC2)nc1C. The van der Waals surface area contributed by atoms with E-state index in [0.717, 1.165) is 29.1 Å². The van der Waals surface area contributed by atoms with E-state index in [1.54, 1.807) is 17.0 Å². The highest BCUT2D eigenvalue weighted by molar-refractivity contribution is 7.92. The largest absolute Gasteiger partial charge is 0.353 e. The number of anilines is 2. The Morgan fingerprint density at radius 3 is 2.39 bits per heavy atom. The van der Waals surface area contributed by atoms with Gasteiger partial charge in [-0.05, 0) is 62.9 Å². The Balaban J connectivity index is 1.50. The van der Waals surface area contributed by atoms with Gasteiger partial charge in [0.05, 0.1) is 22.6 Å². The van der Waals surface area contributed by atoms with Crippen molar-refractivity contribution in [2.75, 3.05) is 47.7 Å². The number of amides is 1. The summed E-state index contributed by atoms with van der Waals surface area (Å²) in [5, 5.41) is 9.68. The molecule has 0 N–H and O–H groups in total. The Kier molecular flexibility index (Phi) is 6.30. The van der Waals surface area contributed by atoms with Crippen LogP contribution in [0.5, 0.6) is 0 Å². The molecule has 0 radical (unpaired) electrons.